The summed E-state index contributed by atoms with van der Waals surface area (Å²) in [6.45, 7) is 7.39. The topological polar surface area (TPSA) is 17.1 Å². The van der Waals surface area contributed by atoms with Crippen LogP contribution in [-0.2, 0) is 4.79 Å². The van der Waals surface area contributed by atoms with Gasteiger partial charge in [-0.25, -0.2) is 0 Å². The third-order valence-corrected chi connectivity index (χ3v) is 2.72. The first-order chi connectivity index (χ1) is 6.77. The first-order valence-electron chi connectivity index (χ1n) is 5.23. The molecule has 0 aromatic rings. The zero-order valence-electron chi connectivity index (χ0n) is 8.67. The van der Waals surface area contributed by atoms with Crippen molar-refractivity contribution in [3.63, 3.8) is 0 Å². The molecule has 1 unspecified atom stereocenters. The van der Waals surface area contributed by atoms with Gasteiger partial charge in [-0.2, -0.15) is 0 Å². The lowest BCUT2D eigenvalue weighted by Crippen LogP contribution is -2.09. The van der Waals surface area contributed by atoms with Gasteiger partial charge in [0.05, 0.1) is 0 Å². The standard InChI is InChI=1S/C13H18O/c1-3-5-6-13(14)12-9-7-11(4-2)8-10-12/h3-4,9,11H,1-2,5-8,10H2. The molecule has 0 aromatic carbocycles. The molecule has 1 aliphatic carbocycles. The molecule has 0 bridgehead atoms. The number of hydrogen-bond acceptors (Lipinski definition) is 1. The maximum atomic E-state index is 11.6. The van der Waals surface area contributed by atoms with E-state index in [1.165, 1.54) is 0 Å². The van der Waals surface area contributed by atoms with Crippen molar-refractivity contribution in [1.82, 2.24) is 0 Å². The van der Waals surface area contributed by atoms with Crippen molar-refractivity contribution in [3.05, 3.63) is 37.0 Å². The maximum Gasteiger partial charge on any atom is 0.158 e. The van der Waals surface area contributed by atoms with Crippen molar-refractivity contribution in [2.45, 2.75) is 32.1 Å². The van der Waals surface area contributed by atoms with Crippen molar-refractivity contribution in [3.8, 4) is 0 Å². The highest BCUT2D eigenvalue weighted by atomic mass is 16.1. The second kappa shape index (κ2) is 5.58. The first kappa shape index (κ1) is 11.0. The molecule has 1 atom stereocenters. The average Bonchev–Trinajstić information content (AvgIpc) is 2.26. The van der Waals surface area contributed by atoms with E-state index in [1.54, 1.807) is 6.08 Å². The number of carbonyl (C=O) groups is 1. The van der Waals surface area contributed by atoms with E-state index in [0.29, 0.717) is 18.1 Å². The molecule has 0 heterocycles. The lowest BCUT2D eigenvalue weighted by Gasteiger charge is -2.17. The van der Waals surface area contributed by atoms with Gasteiger partial charge >= 0.3 is 0 Å². The molecule has 0 aromatic heterocycles. The molecule has 0 aliphatic heterocycles. The Kier molecular flexibility index (Phi) is 4.37. The second-order valence-electron chi connectivity index (χ2n) is 3.75. The molecule has 1 nitrogen and oxygen atoms in total. The van der Waals surface area contributed by atoms with Crippen molar-refractivity contribution in [1.29, 1.82) is 0 Å². The number of Topliss-reactive ketones (excluding diaryl/α,β-unsaturated/α-hetero) is 1. The number of ketones is 1. The Bertz CT molecular complexity index is 260. The molecule has 0 radical (unpaired) electrons. The zero-order valence-corrected chi connectivity index (χ0v) is 8.67. The van der Waals surface area contributed by atoms with Crippen LogP contribution in [0.1, 0.15) is 32.1 Å². The van der Waals surface area contributed by atoms with Gasteiger partial charge in [0.25, 0.3) is 0 Å². The number of hydrogen-bond donors (Lipinski definition) is 0. The summed E-state index contributed by atoms with van der Waals surface area (Å²) in [7, 11) is 0. The molecule has 0 spiro atoms. The van der Waals surface area contributed by atoms with E-state index in [4.69, 9.17) is 0 Å². The fourth-order valence-electron chi connectivity index (χ4n) is 1.72. The molecular weight excluding hydrogens is 172 g/mol. The largest absolute Gasteiger partial charge is 0.295 e. The van der Waals surface area contributed by atoms with Gasteiger partial charge in [0.2, 0.25) is 0 Å². The predicted molar refractivity (Wildman–Crippen MR) is 60.1 cm³/mol. The first-order valence-corrected chi connectivity index (χ1v) is 5.23. The van der Waals surface area contributed by atoms with Crippen LogP contribution in [0.3, 0.4) is 0 Å². The number of allylic oxidation sites excluding steroid dienone is 4. The highest BCUT2D eigenvalue weighted by Gasteiger charge is 2.15. The van der Waals surface area contributed by atoms with Gasteiger partial charge in [-0.15, -0.1) is 13.2 Å². The second-order valence-corrected chi connectivity index (χ2v) is 3.75. The van der Waals surface area contributed by atoms with Crippen molar-refractivity contribution < 1.29 is 4.79 Å². The Balaban J connectivity index is 2.45. The molecule has 1 heteroatoms. The van der Waals surface area contributed by atoms with Crippen LogP contribution in [0.15, 0.2) is 37.0 Å². The molecule has 0 saturated heterocycles. The predicted octanol–water partition coefficient (Wildman–Crippen LogP) is 3.43. The van der Waals surface area contributed by atoms with E-state index < -0.39 is 0 Å². The van der Waals surface area contributed by atoms with Gasteiger partial charge < -0.3 is 0 Å². The van der Waals surface area contributed by atoms with Crippen molar-refractivity contribution in [2.24, 2.45) is 5.92 Å². The normalized spacial score (nSPS) is 21.1. The van der Waals surface area contributed by atoms with Gasteiger partial charge in [-0.3, -0.25) is 4.79 Å². The van der Waals surface area contributed by atoms with Crippen LogP contribution >= 0.6 is 0 Å². The molecule has 0 N–H and O–H groups in total. The van der Waals surface area contributed by atoms with Crippen LogP contribution in [0.25, 0.3) is 0 Å². The maximum absolute atomic E-state index is 11.6. The minimum Gasteiger partial charge on any atom is -0.295 e. The molecule has 0 amide bonds. The molecule has 1 rings (SSSR count). The molecule has 0 fully saturated rings. The summed E-state index contributed by atoms with van der Waals surface area (Å²) in [5, 5.41) is 0. The summed E-state index contributed by atoms with van der Waals surface area (Å²) >= 11 is 0. The highest BCUT2D eigenvalue weighted by molar-refractivity contribution is 5.95. The van der Waals surface area contributed by atoms with Crippen LogP contribution in [0.4, 0.5) is 0 Å². The Morgan fingerprint density at radius 3 is 2.86 bits per heavy atom. The third-order valence-electron chi connectivity index (χ3n) is 2.72. The quantitative estimate of drug-likeness (QED) is 0.607. The monoisotopic (exact) mass is 190 g/mol. The zero-order chi connectivity index (χ0) is 10.4. The van der Waals surface area contributed by atoms with E-state index in [-0.39, 0.29) is 0 Å². The highest BCUT2D eigenvalue weighted by Crippen LogP contribution is 2.25. The van der Waals surface area contributed by atoms with Crippen LogP contribution in [0, 0.1) is 5.92 Å². The van der Waals surface area contributed by atoms with Crippen molar-refractivity contribution in [2.75, 3.05) is 0 Å². The lowest BCUT2D eigenvalue weighted by atomic mass is 9.87. The van der Waals surface area contributed by atoms with Gasteiger partial charge in [0.15, 0.2) is 5.78 Å². The van der Waals surface area contributed by atoms with Gasteiger partial charge in [0.1, 0.15) is 0 Å². The summed E-state index contributed by atoms with van der Waals surface area (Å²) in [4.78, 5) is 11.6. The number of rotatable bonds is 5. The summed E-state index contributed by atoms with van der Waals surface area (Å²) in [6, 6.07) is 0. The third kappa shape index (κ3) is 2.99. The van der Waals surface area contributed by atoms with Gasteiger partial charge in [0, 0.05) is 6.42 Å². The van der Waals surface area contributed by atoms with Gasteiger partial charge in [-0.1, -0.05) is 18.2 Å². The molecule has 1 aliphatic rings. The van der Waals surface area contributed by atoms with Crippen LogP contribution in [0.5, 0.6) is 0 Å². The Hall–Kier alpha value is -1.11. The Morgan fingerprint density at radius 2 is 2.36 bits per heavy atom. The Labute approximate surface area is 86.2 Å². The fraction of sp³-hybridized carbons (Fsp3) is 0.462. The fourth-order valence-corrected chi connectivity index (χ4v) is 1.72. The summed E-state index contributed by atoms with van der Waals surface area (Å²) in [5.74, 6) is 0.873. The molecule has 14 heavy (non-hydrogen) atoms. The molecule has 0 saturated carbocycles. The van der Waals surface area contributed by atoms with Crippen LogP contribution in [0.2, 0.25) is 0 Å². The van der Waals surface area contributed by atoms with E-state index >= 15 is 0 Å². The van der Waals surface area contributed by atoms with Crippen molar-refractivity contribution >= 4 is 5.78 Å². The van der Waals surface area contributed by atoms with E-state index in [0.717, 1.165) is 31.3 Å². The summed E-state index contributed by atoms with van der Waals surface area (Å²) in [6.07, 6.45) is 10.3. The van der Waals surface area contributed by atoms with Crippen LogP contribution < -0.4 is 0 Å². The van der Waals surface area contributed by atoms with E-state index in [1.807, 2.05) is 6.08 Å². The van der Waals surface area contributed by atoms with E-state index in [9.17, 15) is 4.79 Å². The molecule has 76 valence electrons. The van der Waals surface area contributed by atoms with Crippen LogP contribution in [-0.4, -0.2) is 5.78 Å². The minimum absolute atomic E-state index is 0.299. The smallest absolute Gasteiger partial charge is 0.158 e. The molecular formula is C13H18O. The van der Waals surface area contributed by atoms with Gasteiger partial charge in [-0.05, 0) is 37.2 Å². The average molecular weight is 190 g/mol. The lowest BCUT2D eigenvalue weighted by molar-refractivity contribution is -0.115. The summed E-state index contributed by atoms with van der Waals surface area (Å²) < 4.78 is 0. The van der Waals surface area contributed by atoms with E-state index in [2.05, 4.69) is 19.2 Å². The Morgan fingerprint density at radius 1 is 1.57 bits per heavy atom. The SMILES string of the molecule is C=CCCC(=O)C1=CCC(C=C)CC1. The number of carbonyl (C=O) groups excluding carboxylic acids is 1. The minimum atomic E-state index is 0.299. The summed E-state index contributed by atoms with van der Waals surface area (Å²) in [5.41, 5.74) is 1.02.